The highest BCUT2D eigenvalue weighted by atomic mass is 32.2. The fourth-order valence-electron chi connectivity index (χ4n) is 1.20. The molecule has 2 heterocycles. The Hall–Kier alpha value is -1.20. The van der Waals surface area contributed by atoms with Crippen LogP contribution in [0, 0.1) is 6.92 Å². The highest BCUT2D eigenvalue weighted by Gasteiger charge is 2.21. The lowest BCUT2D eigenvalue weighted by atomic mass is 10.3. The largest absolute Gasteiger partial charge is 0.307 e. The topological polar surface area (TPSA) is 42.0 Å². The number of amides is 1. The predicted octanol–water partition coefficient (Wildman–Crippen LogP) is 1.88. The van der Waals surface area contributed by atoms with Crippen molar-refractivity contribution < 1.29 is 4.79 Å². The van der Waals surface area contributed by atoms with E-state index in [9.17, 15) is 4.79 Å². The van der Waals surface area contributed by atoms with Gasteiger partial charge in [-0.3, -0.25) is 9.78 Å². The lowest BCUT2D eigenvalue weighted by Crippen LogP contribution is -2.17. The van der Waals surface area contributed by atoms with Crippen molar-refractivity contribution in [3.63, 3.8) is 0 Å². The Balaban J connectivity index is 2.31. The second-order valence-electron chi connectivity index (χ2n) is 3.06. The van der Waals surface area contributed by atoms with Gasteiger partial charge in [-0.25, -0.2) is 0 Å². The van der Waals surface area contributed by atoms with Crippen LogP contribution < -0.4 is 5.32 Å². The summed E-state index contributed by atoms with van der Waals surface area (Å²) >= 11 is 6.15. The van der Waals surface area contributed by atoms with Crippen LogP contribution in [-0.4, -0.2) is 15.2 Å². The standard InChI is InChI=1S/C10H8N2OS2/c1-6-3-2-4-7(11-6)5-8-9(13)12-10(14)15-8/h2-5H,1H3,(H,12,13,14)/b8-5-. The second kappa shape index (κ2) is 4.12. The van der Waals surface area contributed by atoms with E-state index in [0.29, 0.717) is 9.23 Å². The van der Waals surface area contributed by atoms with Gasteiger partial charge in [0, 0.05) is 5.69 Å². The minimum Gasteiger partial charge on any atom is -0.307 e. The Kier molecular flexibility index (Phi) is 2.83. The first-order valence-corrected chi connectivity index (χ1v) is 5.56. The van der Waals surface area contributed by atoms with E-state index in [1.54, 1.807) is 6.08 Å². The fraction of sp³-hybridized carbons (Fsp3) is 0.100. The number of nitrogens with one attached hydrogen (secondary N) is 1. The molecule has 1 aromatic rings. The molecule has 5 heteroatoms. The molecule has 0 unspecified atom stereocenters. The van der Waals surface area contributed by atoms with Crippen LogP contribution >= 0.6 is 24.0 Å². The molecule has 1 saturated heterocycles. The number of nitrogens with zero attached hydrogens (tertiary/aromatic N) is 1. The van der Waals surface area contributed by atoms with Crippen molar-refractivity contribution in [2.75, 3.05) is 0 Å². The molecule has 0 radical (unpaired) electrons. The van der Waals surface area contributed by atoms with Crippen LogP contribution in [0.15, 0.2) is 23.1 Å². The van der Waals surface area contributed by atoms with E-state index in [1.165, 1.54) is 11.8 Å². The highest BCUT2D eigenvalue weighted by Crippen LogP contribution is 2.25. The fourth-order valence-corrected chi connectivity index (χ4v) is 2.23. The van der Waals surface area contributed by atoms with Gasteiger partial charge in [0.2, 0.25) is 0 Å². The van der Waals surface area contributed by atoms with Gasteiger partial charge in [-0.2, -0.15) is 0 Å². The van der Waals surface area contributed by atoms with Gasteiger partial charge in [0.05, 0.1) is 10.6 Å². The summed E-state index contributed by atoms with van der Waals surface area (Å²) in [6, 6.07) is 5.67. The molecule has 0 saturated carbocycles. The van der Waals surface area contributed by atoms with Gasteiger partial charge in [-0.05, 0) is 25.1 Å². The van der Waals surface area contributed by atoms with Crippen LogP contribution in [-0.2, 0) is 4.79 Å². The molecular formula is C10H8N2OS2. The van der Waals surface area contributed by atoms with E-state index >= 15 is 0 Å². The van der Waals surface area contributed by atoms with Crippen LogP contribution in [0.25, 0.3) is 6.08 Å². The van der Waals surface area contributed by atoms with Crippen LogP contribution in [0.2, 0.25) is 0 Å². The molecule has 2 rings (SSSR count). The van der Waals surface area contributed by atoms with Crippen molar-refractivity contribution in [3.05, 3.63) is 34.5 Å². The smallest absolute Gasteiger partial charge is 0.263 e. The SMILES string of the molecule is Cc1cccc(/C=C2\SC(=S)NC2=O)n1. The lowest BCUT2D eigenvalue weighted by Gasteiger charge is -1.95. The Morgan fingerprint density at radius 2 is 2.33 bits per heavy atom. The summed E-state index contributed by atoms with van der Waals surface area (Å²) in [7, 11) is 0. The molecule has 1 fully saturated rings. The molecule has 1 amide bonds. The van der Waals surface area contributed by atoms with Gasteiger partial charge in [0.1, 0.15) is 4.32 Å². The molecule has 3 nitrogen and oxygen atoms in total. The first kappa shape index (κ1) is 10.3. The monoisotopic (exact) mass is 236 g/mol. The minimum atomic E-state index is -0.145. The highest BCUT2D eigenvalue weighted by molar-refractivity contribution is 8.26. The number of carbonyl (C=O) groups is 1. The van der Waals surface area contributed by atoms with Gasteiger partial charge in [-0.15, -0.1) is 0 Å². The van der Waals surface area contributed by atoms with E-state index in [-0.39, 0.29) is 5.91 Å². The third-order valence-electron chi connectivity index (χ3n) is 1.83. The van der Waals surface area contributed by atoms with E-state index in [4.69, 9.17) is 12.2 Å². The Labute approximate surface area is 97.0 Å². The molecular weight excluding hydrogens is 228 g/mol. The van der Waals surface area contributed by atoms with Gasteiger partial charge in [-0.1, -0.05) is 30.0 Å². The number of pyridine rings is 1. The average Bonchev–Trinajstić information content (AvgIpc) is 2.45. The maximum absolute atomic E-state index is 11.4. The zero-order chi connectivity index (χ0) is 10.8. The maximum Gasteiger partial charge on any atom is 0.263 e. The van der Waals surface area contributed by atoms with E-state index < -0.39 is 0 Å². The van der Waals surface area contributed by atoms with Crippen molar-refractivity contribution in [1.82, 2.24) is 10.3 Å². The zero-order valence-corrected chi connectivity index (χ0v) is 9.61. The molecule has 15 heavy (non-hydrogen) atoms. The van der Waals surface area contributed by atoms with Crippen molar-refractivity contribution in [2.45, 2.75) is 6.92 Å². The summed E-state index contributed by atoms with van der Waals surface area (Å²) in [5.74, 6) is -0.145. The van der Waals surface area contributed by atoms with Crippen molar-refractivity contribution in [3.8, 4) is 0 Å². The number of thiocarbonyl (C=S) groups is 1. The Morgan fingerprint density at radius 1 is 1.53 bits per heavy atom. The van der Waals surface area contributed by atoms with Crippen LogP contribution in [0.4, 0.5) is 0 Å². The molecule has 0 aliphatic carbocycles. The van der Waals surface area contributed by atoms with E-state index in [2.05, 4.69) is 10.3 Å². The first-order chi connectivity index (χ1) is 7.15. The van der Waals surface area contributed by atoms with Crippen molar-refractivity contribution in [1.29, 1.82) is 0 Å². The Bertz CT molecular complexity index is 468. The molecule has 1 aliphatic heterocycles. The number of thioether (sulfide) groups is 1. The molecule has 1 aliphatic rings. The summed E-state index contributed by atoms with van der Waals surface area (Å²) < 4.78 is 0.499. The molecule has 0 spiro atoms. The summed E-state index contributed by atoms with van der Waals surface area (Å²) in [5.41, 5.74) is 1.70. The number of aromatic nitrogens is 1. The third-order valence-corrected chi connectivity index (χ3v) is 2.99. The molecule has 0 atom stereocenters. The van der Waals surface area contributed by atoms with Gasteiger partial charge in [0.25, 0.3) is 5.91 Å². The zero-order valence-electron chi connectivity index (χ0n) is 7.98. The number of carbonyl (C=O) groups excluding carboxylic acids is 1. The molecule has 76 valence electrons. The molecule has 0 bridgehead atoms. The molecule has 0 aromatic carbocycles. The van der Waals surface area contributed by atoms with Gasteiger partial charge < -0.3 is 5.32 Å². The van der Waals surface area contributed by atoms with Crippen molar-refractivity contribution in [2.24, 2.45) is 0 Å². The normalized spacial score (nSPS) is 18.3. The van der Waals surface area contributed by atoms with Crippen molar-refractivity contribution >= 4 is 40.3 Å². The number of rotatable bonds is 1. The summed E-state index contributed by atoms with van der Waals surface area (Å²) in [4.78, 5) is 16.2. The summed E-state index contributed by atoms with van der Waals surface area (Å²) in [5, 5.41) is 2.56. The van der Waals surface area contributed by atoms with Crippen LogP contribution in [0.3, 0.4) is 0 Å². The van der Waals surface area contributed by atoms with E-state index in [0.717, 1.165) is 11.4 Å². The number of hydrogen-bond donors (Lipinski definition) is 1. The number of hydrogen-bond acceptors (Lipinski definition) is 4. The average molecular weight is 236 g/mol. The second-order valence-corrected chi connectivity index (χ2v) is 4.77. The van der Waals surface area contributed by atoms with Gasteiger partial charge in [0.15, 0.2) is 0 Å². The summed E-state index contributed by atoms with van der Waals surface area (Å²) in [6.45, 7) is 1.91. The molecule has 1 N–H and O–H groups in total. The third kappa shape index (κ3) is 2.43. The van der Waals surface area contributed by atoms with Gasteiger partial charge >= 0.3 is 0 Å². The molecule has 1 aromatic heterocycles. The minimum absolute atomic E-state index is 0.145. The number of aryl methyl sites for hydroxylation is 1. The Morgan fingerprint density at radius 3 is 2.93 bits per heavy atom. The summed E-state index contributed by atoms with van der Waals surface area (Å²) in [6.07, 6.45) is 1.74. The lowest BCUT2D eigenvalue weighted by molar-refractivity contribution is -0.115. The van der Waals surface area contributed by atoms with Crippen LogP contribution in [0.1, 0.15) is 11.4 Å². The quantitative estimate of drug-likeness (QED) is 0.597. The van der Waals surface area contributed by atoms with E-state index in [1.807, 2.05) is 25.1 Å². The maximum atomic E-state index is 11.4. The predicted molar refractivity (Wildman–Crippen MR) is 65.3 cm³/mol. The first-order valence-electron chi connectivity index (χ1n) is 4.34. The van der Waals surface area contributed by atoms with Crippen LogP contribution in [0.5, 0.6) is 0 Å².